The van der Waals surface area contributed by atoms with Gasteiger partial charge < -0.3 is 5.73 Å². The molecule has 0 atom stereocenters. The molecule has 0 saturated carbocycles. The van der Waals surface area contributed by atoms with Gasteiger partial charge in [0.25, 0.3) is 0 Å². The highest BCUT2D eigenvalue weighted by Gasteiger charge is 2.40. The van der Waals surface area contributed by atoms with Crippen molar-refractivity contribution in [1.29, 1.82) is 0 Å². The van der Waals surface area contributed by atoms with E-state index in [1.807, 2.05) is 0 Å². The summed E-state index contributed by atoms with van der Waals surface area (Å²) in [6.45, 7) is 0. The Hall–Kier alpha value is -2.19. The first-order chi connectivity index (χ1) is 10.6. The molecule has 1 aromatic heterocycles. The summed E-state index contributed by atoms with van der Waals surface area (Å²) in [5.41, 5.74) is 3.86. The van der Waals surface area contributed by atoms with Crippen LogP contribution in [0.4, 0.5) is 32.0 Å². The Morgan fingerprint density at radius 2 is 1.70 bits per heavy atom. The number of alkyl halides is 6. The average molecular weight is 335 g/mol. The third-order valence-electron chi connectivity index (χ3n) is 3.78. The standard InChI is InChI=1S/C14H11F6N3/c15-13(16,17)7-4-5-11(9(21)6-7)23-10-3-1-2-8(10)12(22-23)14(18,19)20/h4-6H,1-3,21H2. The predicted octanol–water partition coefficient (Wildman–Crippen LogP) is 3.98. The molecular formula is C14H11F6N3. The molecular weight excluding hydrogens is 324 g/mol. The largest absolute Gasteiger partial charge is 0.435 e. The van der Waals surface area contributed by atoms with Crippen molar-refractivity contribution < 1.29 is 26.3 Å². The van der Waals surface area contributed by atoms with Gasteiger partial charge in [0.05, 0.1) is 16.9 Å². The van der Waals surface area contributed by atoms with Gasteiger partial charge >= 0.3 is 12.4 Å². The number of anilines is 1. The van der Waals surface area contributed by atoms with Crippen LogP contribution >= 0.6 is 0 Å². The van der Waals surface area contributed by atoms with Gasteiger partial charge in [-0.2, -0.15) is 31.4 Å². The molecule has 1 heterocycles. The molecule has 2 N–H and O–H groups in total. The quantitative estimate of drug-likeness (QED) is 0.633. The molecule has 2 aromatic rings. The molecule has 1 aliphatic rings. The monoisotopic (exact) mass is 335 g/mol. The molecule has 0 spiro atoms. The molecule has 0 amide bonds. The number of halogens is 6. The average Bonchev–Trinajstić information content (AvgIpc) is 2.98. The summed E-state index contributed by atoms with van der Waals surface area (Å²) in [7, 11) is 0. The zero-order chi connectivity index (χ0) is 17.0. The van der Waals surface area contributed by atoms with Crippen LogP contribution in [0.5, 0.6) is 0 Å². The van der Waals surface area contributed by atoms with Crippen LogP contribution in [-0.4, -0.2) is 9.78 Å². The molecule has 0 aliphatic heterocycles. The highest BCUT2D eigenvalue weighted by atomic mass is 19.4. The molecule has 0 bridgehead atoms. The summed E-state index contributed by atoms with van der Waals surface area (Å²) in [6.07, 6.45) is -8.03. The fourth-order valence-corrected chi connectivity index (χ4v) is 2.79. The van der Waals surface area contributed by atoms with Crippen molar-refractivity contribution in [2.45, 2.75) is 31.6 Å². The summed E-state index contributed by atoms with van der Waals surface area (Å²) >= 11 is 0. The Kier molecular flexibility index (Phi) is 3.35. The van der Waals surface area contributed by atoms with Crippen molar-refractivity contribution >= 4 is 5.69 Å². The van der Waals surface area contributed by atoms with Crippen LogP contribution < -0.4 is 5.73 Å². The Morgan fingerprint density at radius 3 is 2.26 bits per heavy atom. The first-order valence-corrected chi connectivity index (χ1v) is 6.74. The number of nitrogen functional groups attached to an aromatic ring is 1. The molecule has 23 heavy (non-hydrogen) atoms. The van der Waals surface area contributed by atoms with Gasteiger partial charge in [0.15, 0.2) is 5.69 Å². The number of hydrogen-bond donors (Lipinski definition) is 1. The SMILES string of the molecule is Nc1cc(C(F)(F)F)ccc1-n1nc(C(F)(F)F)c2c1CCC2. The number of benzene rings is 1. The van der Waals surface area contributed by atoms with Crippen molar-refractivity contribution in [2.75, 3.05) is 5.73 Å². The number of nitrogens with zero attached hydrogens (tertiary/aromatic N) is 2. The van der Waals surface area contributed by atoms with E-state index in [4.69, 9.17) is 5.73 Å². The molecule has 0 unspecified atom stereocenters. The van der Waals surface area contributed by atoms with Crippen LogP contribution in [0.15, 0.2) is 18.2 Å². The third-order valence-corrected chi connectivity index (χ3v) is 3.78. The number of aromatic nitrogens is 2. The van der Waals surface area contributed by atoms with E-state index < -0.39 is 23.6 Å². The highest BCUT2D eigenvalue weighted by Crippen LogP contribution is 2.39. The maximum absolute atomic E-state index is 13.0. The normalized spacial score (nSPS) is 15.0. The lowest BCUT2D eigenvalue weighted by Crippen LogP contribution is -2.11. The lowest BCUT2D eigenvalue weighted by atomic mass is 10.1. The van der Waals surface area contributed by atoms with Crippen molar-refractivity contribution in [2.24, 2.45) is 0 Å². The first-order valence-electron chi connectivity index (χ1n) is 6.74. The van der Waals surface area contributed by atoms with Gasteiger partial charge in [0, 0.05) is 11.3 Å². The van der Waals surface area contributed by atoms with Gasteiger partial charge in [-0.25, -0.2) is 4.68 Å². The summed E-state index contributed by atoms with van der Waals surface area (Å²) in [4.78, 5) is 0. The molecule has 3 nitrogen and oxygen atoms in total. The van der Waals surface area contributed by atoms with E-state index in [0.29, 0.717) is 24.6 Å². The van der Waals surface area contributed by atoms with Crippen LogP contribution in [0.1, 0.15) is 28.9 Å². The van der Waals surface area contributed by atoms with Gasteiger partial charge in [-0.3, -0.25) is 0 Å². The van der Waals surface area contributed by atoms with E-state index in [2.05, 4.69) is 5.10 Å². The Morgan fingerprint density at radius 1 is 1.00 bits per heavy atom. The number of fused-ring (bicyclic) bond motifs is 1. The van der Waals surface area contributed by atoms with E-state index in [1.54, 1.807) is 0 Å². The van der Waals surface area contributed by atoms with Gasteiger partial charge in [-0.05, 0) is 37.5 Å². The summed E-state index contributed by atoms with van der Waals surface area (Å²) in [6, 6.07) is 2.53. The van der Waals surface area contributed by atoms with E-state index in [9.17, 15) is 26.3 Å². The van der Waals surface area contributed by atoms with Crippen LogP contribution in [0.3, 0.4) is 0 Å². The molecule has 0 saturated heterocycles. The lowest BCUT2D eigenvalue weighted by molar-refractivity contribution is -0.142. The van der Waals surface area contributed by atoms with Crippen LogP contribution in [0, 0.1) is 0 Å². The third kappa shape index (κ3) is 2.64. The fourth-order valence-electron chi connectivity index (χ4n) is 2.79. The minimum atomic E-state index is -4.61. The molecule has 1 aliphatic carbocycles. The van der Waals surface area contributed by atoms with E-state index in [1.165, 1.54) is 0 Å². The molecule has 1 aromatic carbocycles. The second-order valence-corrected chi connectivity index (χ2v) is 5.31. The minimum absolute atomic E-state index is 0.0200. The van der Waals surface area contributed by atoms with Crippen molar-refractivity contribution in [1.82, 2.24) is 9.78 Å². The zero-order valence-electron chi connectivity index (χ0n) is 11.6. The Balaban J connectivity index is 2.14. The Labute approximate surface area is 126 Å². The second kappa shape index (κ2) is 4.90. The minimum Gasteiger partial charge on any atom is -0.397 e. The van der Waals surface area contributed by atoms with Gasteiger partial charge in [0.2, 0.25) is 0 Å². The molecule has 9 heteroatoms. The molecule has 0 fully saturated rings. The van der Waals surface area contributed by atoms with E-state index in [-0.39, 0.29) is 23.4 Å². The van der Waals surface area contributed by atoms with Crippen molar-refractivity contribution in [3.63, 3.8) is 0 Å². The molecule has 3 rings (SSSR count). The molecule has 124 valence electrons. The zero-order valence-corrected chi connectivity index (χ0v) is 11.6. The van der Waals surface area contributed by atoms with E-state index >= 15 is 0 Å². The van der Waals surface area contributed by atoms with Crippen LogP contribution in [0.2, 0.25) is 0 Å². The van der Waals surface area contributed by atoms with Crippen molar-refractivity contribution in [3.8, 4) is 5.69 Å². The second-order valence-electron chi connectivity index (χ2n) is 5.31. The predicted molar refractivity (Wildman–Crippen MR) is 70.0 cm³/mol. The summed E-state index contributed by atoms with van der Waals surface area (Å²) < 4.78 is 78.1. The lowest BCUT2D eigenvalue weighted by Gasteiger charge is -2.12. The van der Waals surface area contributed by atoms with Gasteiger partial charge in [-0.1, -0.05) is 0 Å². The number of rotatable bonds is 1. The first kappa shape index (κ1) is 15.7. The van der Waals surface area contributed by atoms with E-state index in [0.717, 1.165) is 16.8 Å². The molecule has 0 radical (unpaired) electrons. The summed E-state index contributed by atoms with van der Waals surface area (Å²) in [5, 5.41) is 3.56. The number of hydrogen-bond acceptors (Lipinski definition) is 2. The Bertz CT molecular complexity index is 757. The number of nitrogens with two attached hydrogens (primary N) is 1. The van der Waals surface area contributed by atoms with Crippen molar-refractivity contribution in [3.05, 3.63) is 40.7 Å². The fraction of sp³-hybridized carbons (Fsp3) is 0.357. The smallest absolute Gasteiger partial charge is 0.397 e. The highest BCUT2D eigenvalue weighted by molar-refractivity contribution is 5.60. The topological polar surface area (TPSA) is 43.8 Å². The van der Waals surface area contributed by atoms with Crippen LogP contribution in [-0.2, 0) is 25.2 Å². The van der Waals surface area contributed by atoms with Crippen LogP contribution in [0.25, 0.3) is 5.69 Å². The van der Waals surface area contributed by atoms with Gasteiger partial charge in [-0.15, -0.1) is 0 Å². The van der Waals surface area contributed by atoms with Gasteiger partial charge in [0.1, 0.15) is 0 Å². The maximum Gasteiger partial charge on any atom is 0.435 e. The summed E-state index contributed by atoms with van der Waals surface area (Å²) in [5.74, 6) is 0. The maximum atomic E-state index is 13.0.